The Balaban J connectivity index is 0.00000208. The van der Waals surface area contributed by atoms with Crippen molar-refractivity contribution in [1.82, 2.24) is 9.80 Å². The minimum absolute atomic E-state index is 0. The third kappa shape index (κ3) is 4.61. The number of hydrogen-bond donors (Lipinski definition) is 0. The van der Waals surface area contributed by atoms with Gasteiger partial charge in [0, 0.05) is 32.7 Å². The second kappa shape index (κ2) is 9.01. The van der Waals surface area contributed by atoms with Crippen LogP contribution in [0.3, 0.4) is 0 Å². The fourth-order valence-electron chi connectivity index (χ4n) is 3.57. The fraction of sp³-hybridized carbons (Fsp3) is 0.611. The average Bonchev–Trinajstić information content (AvgIpc) is 2.95. The summed E-state index contributed by atoms with van der Waals surface area (Å²) in [5.74, 6) is 1.69. The molecule has 5 nitrogen and oxygen atoms in total. The minimum atomic E-state index is 0. The van der Waals surface area contributed by atoms with Crippen LogP contribution in [-0.4, -0.2) is 62.2 Å². The van der Waals surface area contributed by atoms with Gasteiger partial charge >= 0.3 is 0 Å². The molecule has 2 heterocycles. The number of morpholine rings is 1. The Morgan fingerprint density at radius 2 is 2.04 bits per heavy atom. The van der Waals surface area contributed by atoms with Crippen LogP contribution in [0.5, 0.6) is 5.75 Å². The molecule has 2 fully saturated rings. The van der Waals surface area contributed by atoms with E-state index in [1.807, 2.05) is 17.0 Å². The molecule has 0 spiro atoms. The Kier molecular flexibility index (Phi) is 7.31. The largest absolute Gasteiger partial charge is 0.497 e. The maximum absolute atomic E-state index is 12.7. The van der Waals surface area contributed by atoms with Gasteiger partial charge in [0.1, 0.15) is 5.75 Å². The van der Waals surface area contributed by atoms with E-state index in [1.54, 1.807) is 7.11 Å². The number of amides is 1. The van der Waals surface area contributed by atoms with E-state index in [2.05, 4.69) is 24.0 Å². The van der Waals surface area contributed by atoms with Crippen LogP contribution in [0, 0.1) is 11.8 Å². The molecule has 3 rings (SSSR count). The van der Waals surface area contributed by atoms with Crippen molar-refractivity contribution < 1.29 is 14.3 Å². The van der Waals surface area contributed by atoms with Gasteiger partial charge in [-0.2, -0.15) is 0 Å². The number of methoxy groups -OCH3 is 1. The van der Waals surface area contributed by atoms with Crippen molar-refractivity contribution in [3.05, 3.63) is 29.8 Å². The van der Waals surface area contributed by atoms with Gasteiger partial charge in [0.2, 0.25) is 5.91 Å². The number of likely N-dealkylation sites (tertiary alicyclic amines) is 1. The topological polar surface area (TPSA) is 42.0 Å². The highest BCUT2D eigenvalue weighted by Gasteiger charge is 2.37. The van der Waals surface area contributed by atoms with Gasteiger partial charge in [-0.3, -0.25) is 9.69 Å². The SMILES string of the molecule is COc1cccc(CN2C[C@@H](C)[C@H](C(=O)N3CCOCC3)C2)c1.I. The molecular weight excluding hydrogens is 419 g/mol. The standard InChI is InChI=1S/C18H26N2O3.HI/c1-14-11-19(12-15-4-3-5-16(10-15)22-2)13-17(14)18(21)20-6-8-23-9-7-20;/h3-5,10,14,17H,6-9,11-13H2,1-2H3;1H/t14-,17-;/m1./s1. The molecule has 1 aromatic rings. The molecule has 2 atom stereocenters. The molecule has 0 bridgehead atoms. The van der Waals surface area contributed by atoms with Crippen molar-refractivity contribution >= 4 is 29.9 Å². The smallest absolute Gasteiger partial charge is 0.227 e. The summed E-state index contributed by atoms with van der Waals surface area (Å²) in [6.07, 6.45) is 0. The lowest BCUT2D eigenvalue weighted by atomic mass is 9.96. The molecule has 0 saturated carbocycles. The number of benzene rings is 1. The highest BCUT2D eigenvalue weighted by molar-refractivity contribution is 14.0. The maximum atomic E-state index is 12.7. The third-order valence-corrected chi connectivity index (χ3v) is 4.87. The Hall–Kier alpha value is -0.860. The molecule has 0 N–H and O–H groups in total. The molecule has 24 heavy (non-hydrogen) atoms. The first-order chi connectivity index (χ1) is 11.2. The second-order valence-electron chi connectivity index (χ2n) is 6.57. The van der Waals surface area contributed by atoms with Crippen molar-refractivity contribution in [3.63, 3.8) is 0 Å². The first-order valence-corrected chi connectivity index (χ1v) is 8.39. The molecule has 134 valence electrons. The van der Waals surface area contributed by atoms with E-state index in [-0.39, 0.29) is 29.9 Å². The van der Waals surface area contributed by atoms with E-state index in [0.717, 1.165) is 38.5 Å². The number of rotatable bonds is 4. The molecule has 1 amide bonds. The molecule has 0 aromatic heterocycles. The summed E-state index contributed by atoms with van der Waals surface area (Å²) < 4.78 is 10.6. The zero-order valence-corrected chi connectivity index (χ0v) is 16.8. The maximum Gasteiger partial charge on any atom is 0.227 e. The molecule has 1 aromatic carbocycles. The predicted octanol–water partition coefficient (Wildman–Crippen LogP) is 2.24. The molecule has 6 heteroatoms. The number of hydrogen-bond acceptors (Lipinski definition) is 4. The van der Waals surface area contributed by atoms with E-state index in [1.165, 1.54) is 5.56 Å². The lowest BCUT2D eigenvalue weighted by Crippen LogP contribution is -2.45. The Labute approximate surface area is 161 Å². The minimum Gasteiger partial charge on any atom is -0.497 e. The van der Waals surface area contributed by atoms with Crippen molar-refractivity contribution in [2.45, 2.75) is 13.5 Å². The van der Waals surface area contributed by atoms with Gasteiger partial charge in [0.15, 0.2) is 0 Å². The van der Waals surface area contributed by atoms with Gasteiger partial charge in [0.25, 0.3) is 0 Å². The van der Waals surface area contributed by atoms with Crippen molar-refractivity contribution in [1.29, 1.82) is 0 Å². The summed E-state index contributed by atoms with van der Waals surface area (Å²) in [7, 11) is 1.69. The summed E-state index contributed by atoms with van der Waals surface area (Å²) in [6, 6.07) is 8.16. The van der Waals surface area contributed by atoms with Crippen LogP contribution in [0.4, 0.5) is 0 Å². The van der Waals surface area contributed by atoms with Crippen LogP contribution < -0.4 is 4.74 Å². The highest BCUT2D eigenvalue weighted by Crippen LogP contribution is 2.27. The van der Waals surface area contributed by atoms with Crippen molar-refractivity contribution in [3.8, 4) is 5.75 Å². The summed E-state index contributed by atoms with van der Waals surface area (Å²) in [5.41, 5.74) is 1.23. The van der Waals surface area contributed by atoms with Gasteiger partial charge in [-0.05, 0) is 23.6 Å². The van der Waals surface area contributed by atoms with E-state index in [9.17, 15) is 4.79 Å². The first kappa shape index (κ1) is 19.5. The number of nitrogens with zero attached hydrogens (tertiary/aromatic N) is 2. The van der Waals surface area contributed by atoms with Crippen LogP contribution in [-0.2, 0) is 16.1 Å². The van der Waals surface area contributed by atoms with E-state index < -0.39 is 0 Å². The van der Waals surface area contributed by atoms with Crippen LogP contribution in [0.1, 0.15) is 12.5 Å². The molecule has 2 aliphatic heterocycles. The van der Waals surface area contributed by atoms with Crippen molar-refractivity contribution in [2.24, 2.45) is 11.8 Å². The number of ether oxygens (including phenoxy) is 2. The molecule has 2 saturated heterocycles. The monoisotopic (exact) mass is 446 g/mol. The van der Waals surface area contributed by atoms with Crippen LogP contribution in [0.25, 0.3) is 0 Å². The van der Waals surface area contributed by atoms with E-state index in [4.69, 9.17) is 9.47 Å². The van der Waals surface area contributed by atoms with Gasteiger partial charge in [-0.25, -0.2) is 0 Å². The first-order valence-electron chi connectivity index (χ1n) is 8.39. The number of halogens is 1. The normalized spacial score (nSPS) is 24.5. The quantitative estimate of drug-likeness (QED) is 0.666. The molecule has 2 aliphatic rings. The van der Waals surface area contributed by atoms with Gasteiger partial charge in [-0.15, -0.1) is 24.0 Å². The fourth-order valence-corrected chi connectivity index (χ4v) is 3.57. The molecule has 0 aliphatic carbocycles. The summed E-state index contributed by atoms with van der Waals surface area (Å²) in [6.45, 7) is 7.67. The predicted molar refractivity (Wildman–Crippen MR) is 104 cm³/mol. The van der Waals surface area contributed by atoms with Crippen molar-refractivity contribution in [2.75, 3.05) is 46.5 Å². The average molecular weight is 446 g/mol. The zero-order chi connectivity index (χ0) is 16.2. The van der Waals surface area contributed by atoms with Gasteiger partial charge in [-0.1, -0.05) is 19.1 Å². The van der Waals surface area contributed by atoms with Gasteiger partial charge in [0.05, 0.1) is 26.2 Å². The Bertz CT molecular complexity index is 549. The molecule has 0 radical (unpaired) electrons. The Morgan fingerprint density at radius 1 is 1.29 bits per heavy atom. The van der Waals surface area contributed by atoms with Crippen LogP contribution >= 0.6 is 24.0 Å². The Morgan fingerprint density at radius 3 is 2.75 bits per heavy atom. The van der Waals surface area contributed by atoms with Crippen LogP contribution in [0.2, 0.25) is 0 Å². The van der Waals surface area contributed by atoms with Gasteiger partial charge < -0.3 is 14.4 Å². The lowest BCUT2D eigenvalue weighted by molar-refractivity contribution is -0.140. The van der Waals surface area contributed by atoms with E-state index in [0.29, 0.717) is 25.0 Å². The second-order valence-corrected chi connectivity index (χ2v) is 6.57. The lowest BCUT2D eigenvalue weighted by Gasteiger charge is -2.30. The highest BCUT2D eigenvalue weighted by atomic mass is 127. The third-order valence-electron chi connectivity index (χ3n) is 4.87. The summed E-state index contributed by atoms with van der Waals surface area (Å²) in [5, 5.41) is 0. The number of carbonyl (C=O) groups is 1. The summed E-state index contributed by atoms with van der Waals surface area (Å²) >= 11 is 0. The zero-order valence-electron chi connectivity index (χ0n) is 14.4. The number of carbonyl (C=O) groups excluding carboxylic acids is 1. The molecule has 0 unspecified atom stereocenters. The van der Waals surface area contributed by atoms with E-state index >= 15 is 0 Å². The summed E-state index contributed by atoms with van der Waals surface area (Å²) in [4.78, 5) is 17.1. The van der Waals surface area contributed by atoms with Crippen LogP contribution in [0.15, 0.2) is 24.3 Å². The molecular formula is C18H27IN2O3.